The van der Waals surface area contributed by atoms with Crippen molar-refractivity contribution >= 4 is 12.2 Å². The minimum atomic E-state index is 0.228. The van der Waals surface area contributed by atoms with E-state index in [-0.39, 0.29) is 4.84 Å². The van der Waals surface area contributed by atoms with Gasteiger partial charge in [-0.3, -0.25) is 4.68 Å². The average Bonchev–Trinajstić information content (AvgIpc) is 2.71. The average molecular weight is 212 g/mol. The quantitative estimate of drug-likeness (QED) is 0.756. The van der Waals surface area contributed by atoms with Crippen LogP contribution in [-0.4, -0.2) is 27.1 Å². The smallest absolute Gasteiger partial charge is 0.284 e. The molecule has 7 heteroatoms. The second-order valence-electron chi connectivity index (χ2n) is 2.64. The van der Waals surface area contributed by atoms with Crippen LogP contribution < -0.4 is 4.74 Å². The van der Waals surface area contributed by atoms with Gasteiger partial charge in [0, 0.05) is 13.2 Å². The molecule has 0 amide bonds. The normalized spacial score (nSPS) is 10.4. The van der Waals surface area contributed by atoms with E-state index in [0.29, 0.717) is 17.3 Å². The van der Waals surface area contributed by atoms with Crippen LogP contribution in [0.3, 0.4) is 0 Å². The number of hydrogen-bond donors (Lipinski definition) is 1. The number of aromatic amines is 1. The molecule has 0 fully saturated rings. The molecular formula is C7H8N4O2S. The van der Waals surface area contributed by atoms with Crippen LogP contribution in [0.2, 0.25) is 0 Å². The van der Waals surface area contributed by atoms with E-state index in [2.05, 4.69) is 15.3 Å². The third-order valence-corrected chi connectivity index (χ3v) is 1.83. The summed E-state index contributed by atoms with van der Waals surface area (Å²) in [6, 6.07) is 0. The zero-order valence-corrected chi connectivity index (χ0v) is 8.46. The number of ether oxygens (including phenoxy) is 1. The first-order chi connectivity index (χ1) is 6.70. The molecule has 14 heavy (non-hydrogen) atoms. The Morgan fingerprint density at radius 3 is 3.00 bits per heavy atom. The van der Waals surface area contributed by atoms with Crippen molar-refractivity contribution in [3.8, 4) is 17.3 Å². The van der Waals surface area contributed by atoms with Crippen molar-refractivity contribution in [2.75, 3.05) is 7.11 Å². The molecule has 74 valence electrons. The monoisotopic (exact) mass is 212 g/mol. The number of nitrogens with zero attached hydrogens (tertiary/aromatic N) is 3. The molecule has 0 bridgehead atoms. The highest BCUT2D eigenvalue weighted by Gasteiger charge is 2.14. The lowest BCUT2D eigenvalue weighted by Crippen LogP contribution is -1.89. The first-order valence-electron chi connectivity index (χ1n) is 3.84. The van der Waals surface area contributed by atoms with Gasteiger partial charge in [-0.25, -0.2) is 5.10 Å². The number of aryl methyl sites for hydroxylation is 1. The van der Waals surface area contributed by atoms with Gasteiger partial charge in [-0.2, -0.15) is 0 Å². The van der Waals surface area contributed by atoms with Crippen molar-refractivity contribution in [2.24, 2.45) is 7.05 Å². The molecule has 1 N–H and O–H groups in total. The molecule has 0 saturated heterocycles. The molecule has 2 aromatic heterocycles. The van der Waals surface area contributed by atoms with E-state index in [4.69, 9.17) is 21.4 Å². The van der Waals surface area contributed by atoms with Gasteiger partial charge in [-0.05, 0) is 12.2 Å². The van der Waals surface area contributed by atoms with Crippen LogP contribution in [0.25, 0.3) is 11.5 Å². The maximum absolute atomic E-state index is 5.14. The van der Waals surface area contributed by atoms with Crippen LogP contribution in [0, 0.1) is 4.84 Å². The topological polar surface area (TPSA) is 68.9 Å². The molecule has 6 nitrogen and oxygen atoms in total. The lowest BCUT2D eigenvalue weighted by Gasteiger charge is -1.93. The number of H-pyrrole nitrogens is 1. The van der Waals surface area contributed by atoms with E-state index >= 15 is 0 Å². The molecule has 0 aromatic carbocycles. The Balaban J connectivity index is 2.55. The van der Waals surface area contributed by atoms with E-state index in [1.54, 1.807) is 17.9 Å². The first kappa shape index (κ1) is 8.95. The highest BCUT2D eigenvalue weighted by atomic mass is 32.1. The van der Waals surface area contributed by atoms with Crippen molar-refractivity contribution in [1.29, 1.82) is 0 Å². The third-order valence-electron chi connectivity index (χ3n) is 1.66. The predicted octanol–water partition coefficient (Wildman–Crippen LogP) is 1.14. The Bertz CT molecular complexity index is 498. The summed E-state index contributed by atoms with van der Waals surface area (Å²) in [6.07, 6.45) is 1.74. The summed E-state index contributed by atoms with van der Waals surface area (Å²) in [5.74, 6) is 0.831. The molecule has 0 unspecified atom stereocenters. The highest BCUT2D eigenvalue weighted by Crippen LogP contribution is 2.26. The molecule has 0 spiro atoms. The lowest BCUT2D eigenvalue weighted by atomic mass is 10.3. The molecular weight excluding hydrogens is 204 g/mol. The van der Waals surface area contributed by atoms with Crippen LogP contribution in [0.4, 0.5) is 0 Å². The highest BCUT2D eigenvalue weighted by molar-refractivity contribution is 7.71. The van der Waals surface area contributed by atoms with Gasteiger partial charge in [0.1, 0.15) is 5.56 Å². The molecule has 2 rings (SSSR count). The van der Waals surface area contributed by atoms with E-state index < -0.39 is 0 Å². The number of hydrogen-bond acceptors (Lipinski definition) is 5. The van der Waals surface area contributed by atoms with Gasteiger partial charge < -0.3 is 9.15 Å². The van der Waals surface area contributed by atoms with Crippen molar-refractivity contribution in [3.05, 3.63) is 11.0 Å². The molecule has 0 saturated carbocycles. The summed E-state index contributed by atoms with van der Waals surface area (Å²) in [7, 11) is 3.32. The molecule has 0 radical (unpaired) electrons. The molecule has 2 heterocycles. The van der Waals surface area contributed by atoms with Crippen LogP contribution in [0.15, 0.2) is 10.6 Å². The summed E-state index contributed by atoms with van der Waals surface area (Å²) >= 11 is 4.77. The van der Waals surface area contributed by atoms with Crippen molar-refractivity contribution in [1.82, 2.24) is 20.0 Å². The maximum Gasteiger partial charge on any atom is 0.284 e. The van der Waals surface area contributed by atoms with Gasteiger partial charge in [-0.1, -0.05) is 0 Å². The molecule has 0 aliphatic rings. The second-order valence-corrected chi connectivity index (χ2v) is 3.01. The molecule has 0 aliphatic heterocycles. The van der Waals surface area contributed by atoms with E-state index in [1.165, 1.54) is 7.11 Å². The van der Waals surface area contributed by atoms with Crippen LogP contribution in [-0.2, 0) is 7.05 Å². The first-order valence-corrected chi connectivity index (χ1v) is 4.25. The maximum atomic E-state index is 5.14. The number of aromatic nitrogens is 4. The van der Waals surface area contributed by atoms with Crippen molar-refractivity contribution in [2.45, 2.75) is 0 Å². The lowest BCUT2D eigenvalue weighted by molar-refractivity contribution is 0.391. The van der Waals surface area contributed by atoms with Crippen LogP contribution in [0.5, 0.6) is 5.88 Å². The summed E-state index contributed by atoms with van der Waals surface area (Å²) < 4.78 is 11.8. The zero-order chi connectivity index (χ0) is 10.1. The van der Waals surface area contributed by atoms with Crippen LogP contribution in [0.1, 0.15) is 0 Å². The number of nitrogens with one attached hydrogen (secondary N) is 1. The van der Waals surface area contributed by atoms with E-state index in [1.807, 2.05) is 0 Å². The molecule has 2 aromatic rings. The zero-order valence-electron chi connectivity index (χ0n) is 7.64. The Hall–Kier alpha value is -1.63. The number of methoxy groups -OCH3 is 1. The third kappa shape index (κ3) is 1.41. The Morgan fingerprint density at radius 1 is 1.64 bits per heavy atom. The Morgan fingerprint density at radius 2 is 2.43 bits per heavy atom. The second kappa shape index (κ2) is 3.26. The summed E-state index contributed by atoms with van der Waals surface area (Å²) in [5, 5.41) is 10.5. The fraction of sp³-hybridized carbons (Fsp3) is 0.286. The van der Waals surface area contributed by atoms with Gasteiger partial charge in [-0.15, -0.1) is 10.2 Å². The van der Waals surface area contributed by atoms with Gasteiger partial charge in [0.15, 0.2) is 0 Å². The standard InChI is InChI=1S/C7H8N4O2S/c1-11-3-4(6(10-11)12-2)5-8-9-7(14)13-5/h3H,1-2H3,(H,9,14). The fourth-order valence-electron chi connectivity index (χ4n) is 1.11. The summed E-state index contributed by atoms with van der Waals surface area (Å²) in [6.45, 7) is 0. The predicted molar refractivity (Wildman–Crippen MR) is 50.4 cm³/mol. The largest absolute Gasteiger partial charge is 0.479 e. The van der Waals surface area contributed by atoms with Crippen LogP contribution >= 0.6 is 12.2 Å². The summed E-state index contributed by atoms with van der Waals surface area (Å²) in [4.78, 5) is 0.228. The minimum Gasteiger partial charge on any atom is -0.479 e. The SMILES string of the molecule is COc1nn(C)cc1-c1n[nH]c(=S)o1. The summed E-state index contributed by atoms with van der Waals surface area (Å²) in [5.41, 5.74) is 0.669. The van der Waals surface area contributed by atoms with Gasteiger partial charge in [0.05, 0.1) is 7.11 Å². The Labute approximate surface area is 84.5 Å². The van der Waals surface area contributed by atoms with Gasteiger partial charge >= 0.3 is 0 Å². The number of rotatable bonds is 2. The van der Waals surface area contributed by atoms with Gasteiger partial charge in [0.2, 0.25) is 5.88 Å². The van der Waals surface area contributed by atoms with Crippen molar-refractivity contribution in [3.63, 3.8) is 0 Å². The van der Waals surface area contributed by atoms with E-state index in [9.17, 15) is 0 Å². The van der Waals surface area contributed by atoms with Crippen molar-refractivity contribution < 1.29 is 9.15 Å². The van der Waals surface area contributed by atoms with E-state index in [0.717, 1.165) is 0 Å². The van der Waals surface area contributed by atoms with Gasteiger partial charge in [0.25, 0.3) is 10.7 Å². The minimum absolute atomic E-state index is 0.228. The fourth-order valence-corrected chi connectivity index (χ4v) is 1.24. The Kier molecular flexibility index (Phi) is 2.08. The molecule has 0 aliphatic carbocycles. The molecule has 0 atom stereocenters.